The molecule has 0 bridgehead atoms. The molecule has 0 aromatic rings. The number of aliphatic hydroxyl groups is 1. The molecule has 3 heteroatoms. The Bertz CT molecular complexity index is 174. The Hall–Kier alpha value is -0.570. The molecule has 0 unspecified atom stereocenters. The molecule has 0 aromatic carbocycles. The summed E-state index contributed by atoms with van der Waals surface area (Å²) in [5.41, 5.74) is -0.0343. The van der Waals surface area contributed by atoms with Crippen molar-refractivity contribution in [3.8, 4) is 0 Å². The summed E-state index contributed by atoms with van der Waals surface area (Å²) in [6.07, 6.45) is 2.90. The highest BCUT2D eigenvalue weighted by molar-refractivity contribution is 5.87. The van der Waals surface area contributed by atoms with Gasteiger partial charge in [-0.15, -0.1) is 0 Å². The average Bonchev–Trinajstić information content (AvgIpc) is 2.60. The van der Waals surface area contributed by atoms with Crippen molar-refractivity contribution < 1.29 is 9.90 Å². The highest BCUT2D eigenvalue weighted by Gasteiger charge is 2.55. The van der Waals surface area contributed by atoms with Crippen molar-refractivity contribution in [2.75, 3.05) is 6.61 Å². The topological polar surface area (TPSA) is 49.3 Å². The van der Waals surface area contributed by atoms with Gasteiger partial charge in [-0.05, 0) is 19.3 Å². The predicted octanol–water partition coefficient (Wildman–Crippen LogP) is -0.353. The molecular weight excluding hydrogens is 130 g/mol. The lowest BCUT2D eigenvalue weighted by Crippen LogP contribution is -2.29. The van der Waals surface area contributed by atoms with Crippen LogP contribution in [0.25, 0.3) is 0 Å². The van der Waals surface area contributed by atoms with Crippen LogP contribution in [0, 0.1) is 5.41 Å². The van der Waals surface area contributed by atoms with E-state index in [-0.39, 0.29) is 24.0 Å². The third-order valence-electron chi connectivity index (χ3n) is 2.53. The van der Waals surface area contributed by atoms with Gasteiger partial charge in [0.15, 0.2) is 0 Å². The largest absolute Gasteiger partial charge is 0.394 e. The summed E-state index contributed by atoms with van der Waals surface area (Å²) in [5, 5.41) is 11.5. The normalized spacial score (nSPS) is 34.5. The minimum atomic E-state index is -0.0343. The van der Waals surface area contributed by atoms with E-state index >= 15 is 0 Å². The number of rotatable bonds is 1. The molecule has 1 aliphatic heterocycles. The number of nitrogens with one attached hydrogen (secondary N) is 1. The third-order valence-corrected chi connectivity index (χ3v) is 2.53. The summed E-state index contributed by atoms with van der Waals surface area (Å²) < 4.78 is 0. The van der Waals surface area contributed by atoms with Crippen molar-refractivity contribution in [2.45, 2.75) is 25.3 Å². The van der Waals surface area contributed by atoms with E-state index in [1.54, 1.807) is 0 Å². The standard InChI is InChI=1S/C7H11NO2/c9-4-5-3-7(1-2-7)6(10)8-5/h5,9H,1-4H2,(H,8,10)/t5-/m0/s1. The van der Waals surface area contributed by atoms with Gasteiger partial charge in [0.2, 0.25) is 5.91 Å². The van der Waals surface area contributed by atoms with Crippen LogP contribution < -0.4 is 5.32 Å². The maximum absolute atomic E-state index is 11.1. The highest BCUT2D eigenvalue weighted by atomic mass is 16.3. The Balaban J connectivity index is 2.08. The first-order valence-corrected chi connectivity index (χ1v) is 3.69. The zero-order chi connectivity index (χ0) is 7.19. The molecule has 10 heavy (non-hydrogen) atoms. The minimum Gasteiger partial charge on any atom is -0.394 e. The molecule has 1 aliphatic carbocycles. The van der Waals surface area contributed by atoms with Gasteiger partial charge >= 0.3 is 0 Å². The fraction of sp³-hybridized carbons (Fsp3) is 0.857. The van der Waals surface area contributed by atoms with E-state index in [1.165, 1.54) is 0 Å². The Labute approximate surface area is 59.4 Å². The molecule has 1 heterocycles. The van der Waals surface area contributed by atoms with E-state index in [2.05, 4.69) is 5.32 Å². The Morgan fingerprint density at radius 1 is 1.70 bits per heavy atom. The molecule has 0 radical (unpaired) electrons. The minimum absolute atomic E-state index is 0.0343. The van der Waals surface area contributed by atoms with Crippen molar-refractivity contribution in [1.29, 1.82) is 0 Å². The van der Waals surface area contributed by atoms with Crippen LogP contribution in [0.3, 0.4) is 0 Å². The van der Waals surface area contributed by atoms with E-state index in [9.17, 15) is 4.79 Å². The number of carbonyl (C=O) groups is 1. The van der Waals surface area contributed by atoms with Gasteiger partial charge < -0.3 is 10.4 Å². The number of carbonyl (C=O) groups excluding carboxylic acids is 1. The van der Waals surface area contributed by atoms with Crippen LogP contribution in [0.4, 0.5) is 0 Å². The molecule has 56 valence electrons. The number of amides is 1. The molecule has 2 rings (SSSR count). The van der Waals surface area contributed by atoms with E-state index in [0.717, 1.165) is 19.3 Å². The monoisotopic (exact) mass is 141 g/mol. The third kappa shape index (κ3) is 0.669. The quantitative estimate of drug-likeness (QED) is 0.524. The van der Waals surface area contributed by atoms with Crippen LogP contribution in [0.15, 0.2) is 0 Å². The fourth-order valence-electron chi connectivity index (χ4n) is 1.65. The van der Waals surface area contributed by atoms with Crippen molar-refractivity contribution in [3.63, 3.8) is 0 Å². The van der Waals surface area contributed by atoms with E-state index < -0.39 is 0 Å². The van der Waals surface area contributed by atoms with Gasteiger partial charge in [-0.3, -0.25) is 4.79 Å². The van der Waals surface area contributed by atoms with Gasteiger partial charge in [-0.1, -0.05) is 0 Å². The van der Waals surface area contributed by atoms with Crippen LogP contribution in [0.1, 0.15) is 19.3 Å². The molecule has 1 saturated carbocycles. The molecular formula is C7H11NO2. The average molecular weight is 141 g/mol. The first kappa shape index (κ1) is 6.16. The summed E-state index contributed by atoms with van der Waals surface area (Å²) in [5.74, 6) is 0.159. The van der Waals surface area contributed by atoms with Crippen LogP contribution in [-0.4, -0.2) is 23.7 Å². The maximum Gasteiger partial charge on any atom is 0.226 e. The van der Waals surface area contributed by atoms with Crippen molar-refractivity contribution in [2.24, 2.45) is 5.41 Å². The van der Waals surface area contributed by atoms with E-state index in [1.807, 2.05) is 0 Å². The van der Waals surface area contributed by atoms with Crippen LogP contribution in [0.5, 0.6) is 0 Å². The zero-order valence-electron chi connectivity index (χ0n) is 5.76. The Morgan fingerprint density at radius 3 is 2.70 bits per heavy atom. The zero-order valence-corrected chi connectivity index (χ0v) is 5.76. The molecule has 3 nitrogen and oxygen atoms in total. The summed E-state index contributed by atoms with van der Waals surface area (Å²) in [7, 11) is 0. The summed E-state index contributed by atoms with van der Waals surface area (Å²) in [4.78, 5) is 11.1. The van der Waals surface area contributed by atoms with E-state index in [0.29, 0.717) is 0 Å². The molecule has 1 amide bonds. The van der Waals surface area contributed by atoms with Gasteiger partial charge in [0, 0.05) is 0 Å². The lowest BCUT2D eigenvalue weighted by molar-refractivity contribution is -0.123. The van der Waals surface area contributed by atoms with Gasteiger partial charge in [-0.2, -0.15) is 0 Å². The predicted molar refractivity (Wildman–Crippen MR) is 35.3 cm³/mol. The van der Waals surface area contributed by atoms with Crippen molar-refractivity contribution in [3.05, 3.63) is 0 Å². The second-order valence-electron chi connectivity index (χ2n) is 3.34. The van der Waals surface area contributed by atoms with Crippen molar-refractivity contribution in [1.82, 2.24) is 5.32 Å². The van der Waals surface area contributed by atoms with E-state index in [4.69, 9.17) is 5.11 Å². The molecule has 1 atom stereocenters. The van der Waals surface area contributed by atoms with Gasteiger partial charge in [0.1, 0.15) is 0 Å². The Morgan fingerprint density at radius 2 is 2.40 bits per heavy atom. The molecule has 1 saturated heterocycles. The fourth-order valence-corrected chi connectivity index (χ4v) is 1.65. The molecule has 0 aromatic heterocycles. The van der Waals surface area contributed by atoms with Crippen LogP contribution >= 0.6 is 0 Å². The molecule has 2 fully saturated rings. The van der Waals surface area contributed by atoms with Gasteiger partial charge in [0.05, 0.1) is 18.1 Å². The maximum atomic E-state index is 11.1. The highest BCUT2D eigenvalue weighted by Crippen LogP contribution is 2.52. The lowest BCUT2D eigenvalue weighted by atomic mass is 10.0. The number of hydrogen-bond donors (Lipinski definition) is 2. The number of hydrogen-bond acceptors (Lipinski definition) is 2. The summed E-state index contributed by atoms with van der Waals surface area (Å²) in [6, 6.07) is 0.0370. The SMILES string of the molecule is O=C1N[C@H](CO)CC12CC2. The first-order valence-electron chi connectivity index (χ1n) is 3.69. The lowest BCUT2D eigenvalue weighted by Gasteiger charge is -2.02. The van der Waals surface area contributed by atoms with Gasteiger partial charge in [-0.25, -0.2) is 0 Å². The second-order valence-corrected chi connectivity index (χ2v) is 3.34. The summed E-state index contributed by atoms with van der Waals surface area (Å²) >= 11 is 0. The second kappa shape index (κ2) is 1.72. The smallest absolute Gasteiger partial charge is 0.226 e. The molecule has 2 aliphatic rings. The Kier molecular flexibility index (Phi) is 1.06. The van der Waals surface area contributed by atoms with Crippen LogP contribution in [0.2, 0.25) is 0 Å². The number of aliphatic hydroxyl groups excluding tert-OH is 1. The van der Waals surface area contributed by atoms with Crippen LogP contribution in [-0.2, 0) is 4.79 Å². The van der Waals surface area contributed by atoms with Gasteiger partial charge in [0.25, 0.3) is 0 Å². The molecule has 2 N–H and O–H groups in total. The first-order chi connectivity index (χ1) is 4.77. The summed E-state index contributed by atoms with van der Waals surface area (Å²) in [6.45, 7) is 0.0908. The molecule has 1 spiro atoms. The van der Waals surface area contributed by atoms with Crippen molar-refractivity contribution >= 4 is 5.91 Å².